The first-order valence-electron chi connectivity index (χ1n) is 21.7. The molecule has 278 valence electrons. The van der Waals surface area contributed by atoms with E-state index in [0.29, 0.717) is 0 Å². The van der Waals surface area contributed by atoms with Crippen LogP contribution in [0.1, 0.15) is 238 Å². The van der Waals surface area contributed by atoms with Crippen LogP contribution >= 0.6 is 0 Å². The fraction of sp³-hybridized carbons (Fsp3) is 0.864. The number of nitrogens with zero attached hydrogens (tertiary/aromatic N) is 3. The first-order chi connectivity index (χ1) is 23.6. The van der Waals surface area contributed by atoms with E-state index < -0.39 is 5.66 Å². The van der Waals surface area contributed by atoms with E-state index in [2.05, 4.69) is 54.0 Å². The molecule has 0 radical (unpaired) electrons. The number of rotatable bonds is 35. The van der Waals surface area contributed by atoms with Gasteiger partial charge < -0.3 is 5.73 Å². The van der Waals surface area contributed by atoms with Gasteiger partial charge in [-0.1, -0.05) is 224 Å². The van der Waals surface area contributed by atoms with Crippen LogP contribution in [0.3, 0.4) is 0 Å². The van der Waals surface area contributed by atoms with Crippen molar-refractivity contribution in [2.45, 2.75) is 245 Å². The Labute approximate surface area is 299 Å². The maximum absolute atomic E-state index is 7.26. The molecule has 0 aliphatic heterocycles. The Morgan fingerprint density at radius 3 is 1.12 bits per heavy atom. The van der Waals surface area contributed by atoms with Gasteiger partial charge in [-0.25, -0.2) is 4.68 Å². The van der Waals surface area contributed by atoms with Crippen LogP contribution in [0.15, 0.2) is 18.2 Å². The average Bonchev–Trinajstić information content (AvgIpc) is 3.54. The highest BCUT2D eigenvalue weighted by Crippen LogP contribution is 2.29. The summed E-state index contributed by atoms with van der Waals surface area (Å²) in [5, 5.41) is 9.22. The summed E-state index contributed by atoms with van der Waals surface area (Å²) in [7, 11) is 0. The van der Waals surface area contributed by atoms with E-state index in [9.17, 15) is 0 Å². The summed E-state index contributed by atoms with van der Waals surface area (Å²) >= 11 is 0. The van der Waals surface area contributed by atoms with Gasteiger partial charge in [0.05, 0.1) is 5.52 Å². The highest BCUT2D eigenvalue weighted by Gasteiger charge is 2.29. The molecule has 0 amide bonds. The molecule has 0 atom stereocenters. The molecule has 1 aromatic heterocycles. The molecule has 0 fully saturated rings. The van der Waals surface area contributed by atoms with Gasteiger partial charge in [0.25, 0.3) is 0 Å². The van der Waals surface area contributed by atoms with Gasteiger partial charge in [0.1, 0.15) is 11.2 Å². The van der Waals surface area contributed by atoms with Crippen LogP contribution in [-0.4, -0.2) is 15.0 Å². The Bertz CT molecular complexity index is 945. The molecule has 0 aliphatic carbocycles. The van der Waals surface area contributed by atoms with Gasteiger partial charge in [-0.05, 0) is 44.2 Å². The Balaban J connectivity index is 1.58. The van der Waals surface area contributed by atoms with Crippen molar-refractivity contribution in [3.8, 4) is 0 Å². The molecule has 0 saturated heterocycles. The minimum atomic E-state index is -0.436. The predicted octanol–water partition coefficient (Wildman–Crippen LogP) is 14.7. The number of nitrogens with two attached hydrogens (primary N) is 1. The molecule has 4 nitrogen and oxygen atoms in total. The second-order valence-electron chi connectivity index (χ2n) is 15.7. The fourth-order valence-electron chi connectivity index (χ4n) is 7.71. The molecule has 0 aliphatic rings. The molecule has 4 heteroatoms. The van der Waals surface area contributed by atoms with Crippen LogP contribution in [0.5, 0.6) is 0 Å². The van der Waals surface area contributed by atoms with Crippen molar-refractivity contribution in [2.24, 2.45) is 5.73 Å². The van der Waals surface area contributed by atoms with Gasteiger partial charge in [-0.3, -0.25) is 0 Å². The van der Waals surface area contributed by atoms with E-state index in [1.807, 2.05) is 0 Å². The van der Waals surface area contributed by atoms with Crippen molar-refractivity contribution in [3.05, 3.63) is 23.8 Å². The minimum Gasteiger partial charge on any atom is -0.307 e. The predicted molar refractivity (Wildman–Crippen MR) is 213 cm³/mol. The Morgan fingerprint density at radius 2 is 0.792 bits per heavy atom. The van der Waals surface area contributed by atoms with Crippen molar-refractivity contribution in [1.82, 2.24) is 15.0 Å². The topological polar surface area (TPSA) is 56.7 Å². The third-order valence-electron chi connectivity index (χ3n) is 11.0. The maximum Gasteiger partial charge on any atom is 0.116 e. The van der Waals surface area contributed by atoms with Crippen LogP contribution in [0, 0.1) is 6.92 Å². The van der Waals surface area contributed by atoms with E-state index in [1.165, 1.54) is 211 Å². The highest BCUT2D eigenvalue weighted by molar-refractivity contribution is 5.77. The number of unbranched alkanes of at least 4 members (excludes halogenated alkanes) is 30. The molecular weight excluding hydrogens is 585 g/mol. The van der Waals surface area contributed by atoms with E-state index >= 15 is 0 Å². The minimum absolute atomic E-state index is 0.436. The molecule has 0 saturated carbocycles. The Morgan fingerprint density at radius 1 is 0.479 bits per heavy atom. The number of benzene rings is 1. The zero-order valence-electron chi connectivity index (χ0n) is 32.7. The van der Waals surface area contributed by atoms with Gasteiger partial charge in [0.2, 0.25) is 0 Å². The monoisotopic (exact) mass is 667 g/mol. The molecule has 0 spiro atoms. The first kappa shape index (κ1) is 42.7. The quantitative estimate of drug-likeness (QED) is 0.0745. The van der Waals surface area contributed by atoms with Crippen molar-refractivity contribution in [3.63, 3.8) is 0 Å². The lowest BCUT2D eigenvalue weighted by molar-refractivity contribution is 0.212. The number of aryl methyl sites for hydroxylation is 1. The van der Waals surface area contributed by atoms with Crippen molar-refractivity contribution in [2.75, 3.05) is 0 Å². The zero-order valence-corrected chi connectivity index (χ0v) is 32.7. The van der Waals surface area contributed by atoms with Crippen LogP contribution in [0.4, 0.5) is 0 Å². The van der Waals surface area contributed by atoms with Gasteiger partial charge in [-0.15, -0.1) is 5.10 Å². The summed E-state index contributed by atoms with van der Waals surface area (Å²) in [4.78, 5) is 0. The van der Waals surface area contributed by atoms with Crippen molar-refractivity contribution < 1.29 is 0 Å². The normalized spacial score (nSPS) is 12.1. The highest BCUT2D eigenvalue weighted by atomic mass is 15.5. The number of fused-ring (bicyclic) bond motifs is 1. The zero-order chi connectivity index (χ0) is 34.4. The average molecular weight is 667 g/mol. The van der Waals surface area contributed by atoms with Gasteiger partial charge in [0, 0.05) is 0 Å². The van der Waals surface area contributed by atoms with Crippen LogP contribution < -0.4 is 5.73 Å². The van der Waals surface area contributed by atoms with Crippen LogP contribution in [0.2, 0.25) is 0 Å². The molecule has 1 heterocycles. The van der Waals surface area contributed by atoms with E-state index in [1.54, 1.807) is 0 Å². The summed E-state index contributed by atoms with van der Waals surface area (Å²) < 4.78 is 2.09. The summed E-state index contributed by atoms with van der Waals surface area (Å²) in [6.07, 6.45) is 46.7. The summed E-state index contributed by atoms with van der Waals surface area (Å²) in [6.45, 7) is 6.73. The molecule has 0 bridgehead atoms. The largest absolute Gasteiger partial charge is 0.307 e. The van der Waals surface area contributed by atoms with E-state index in [4.69, 9.17) is 5.73 Å². The molecule has 1 aromatic carbocycles. The SMILES string of the molecule is CCCCCCCCCCCCCCCCCCC(N)(CCCCCCCCCCCCCCCCCC)n1nnc2c(C)cccc21. The van der Waals surface area contributed by atoms with E-state index in [-0.39, 0.29) is 0 Å². The third kappa shape index (κ3) is 19.7. The molecular formula is C44H82N4. The Kier molecular flexibility index (Phi) is 26.1. The lowest BCUT2D eigenvalue weighted by Crippen LogP contribution is -2.44. The summed E-state index contributed by atoms with van der Waals surface area (Å²) in [5.41, 5.74) is 10.1. The van der Waals surface area contributed by atoms with Crippen molar-refractivity contribution >= 4 is 11.0 Å². The summed E-state index contributed by atoms with van der Waals surface area (Å²) in [6, 6.07) is 6.41. The molecule has 2 aromatic rings. The standard InChI is InChI=1S/C44H82N4/c1-4-6-8-10-12-14-16-18-20-22-24-26-28-30-32-34-39-44(45,48-42-38-36-37-41(3)43(42)46-47-48)40-35-33-31-29-27-25-23-21-19-17-15-13-11-9-7-5-2/h36-38H,4-35,39-40,45H2,1-3H3. The molecule has 0 unspecified atom stereocenters. The smallest absolute Gasteiger partial charge is 0.116 e. The molecule has 48 heavy (non-hydrogen) atoms. The third-order valence-corrected chi connectivity index (χ3v) is 11.0. The second-order valence-corrected chi connectivity index (χ2v) is 15.7. The maximum atomic E-state index is 7.26. The van der Waals surface area contributed by atoms with Gasteiger partial charge in [-0.2, -0.15) is 0 Å². The van der Waals surface area contributed by atoms with Crippen molar-refractivity contribution in [1.29, 1.82) is 0 Å². The fourth-order valence-corrected chi connectivity index (χ4v) is 7.71. The van der Waals surface area contributed by atoms with E-state index in [0.717, 1.165) is 23.9 Å². The van der Waals surface area contributed by atoms with Crippen LogP contribution in [0.25, 0.3) is 11.0 Å². The van der Waals surface area contributed by atoms with Crippen LogP contribution in [-0.2, 0) is 5.66 Å². The number of hydrogen-bond donors (Lipinski definition) is 1. The lowest BCUT2D eigenvalue weighted by Gasteiger charge is -2.30. The number of hydrogen-bond acceptors (Lipinski definition) is 3. The number of aromatic nitrogens is 3. The molecule has 2 rings (SSSR count). The second kappa shape index (κ2) is 29.3. The lowest BCUT2D eigenvalue weighted by atomic mass is 9.94. The molecule has 2 N–H and O–H groups in total. The van der Waals surface area contributed by atoms with Gasteiger partial charge >= 0.3 is 0 Å². The Hall–Kier alpha value is -1.42. The first-order valence-corrected chi connectivity index (χ1v) is 21.7. The van der Waals surface area contributed by atoms with Gasteiger partial charge in [0.15, 0.2) is 0 Å². The summed E-state index contributed by atoms with van der Waals surface area (Å²) in [5.74, 6) is 0.